The van der Waals surface area contributed by atoms with E-state index in [1.807, 2.05) is 24.3 Å². The molecule has 0 atom stereocenters. The van der Waals surface area contributed by atoms with E-state index in [9.17, 15) is 0 Å². The summed E-state index contributed by atoms with van der Waals surface area (Å²) in [5, 5.41) is 9.18. The molecule has 0 aromatic heterocycles. The Morgan fingerprint density at radius 2 is 1.67 bits per heavy atom. The zero-order valence-electron chi connectivity index (χ0n) is 11.2. The van der Waals surface area contributed by atoms with Crippen molar-refractivity contribution in [3.05, 3.63) is 34.9 Å². The first-order chi connectivity index (χ1) is 8.51. The number of likely N-dealkylation sites (tertiary alicyclic amines) is 1. The predicted octanol–water partition coefficient (Wildman–Crippen LogP) is 3.97. The Bertz CT molecular complexity index is 417. The van der Waals surface area contributed by atoms with Crippen LogP contribution in [0.2, 0.25) is 5.02 Å². The molecule has 18 heavy (non-hydrogen) atoms. The van der Waals surface area contributed by atoms with Crippen molar-refractivity contribution in [3.8, 4) is 0 Å². The monoisotopic (exact) mass is 264 g/mol. The lowest BCUT2D eigenvalue weighted by Crippen LogP contribution is -2.52. The molecule has 0 bridgehead atoms. The molecule has 1 fully saturated rings. The van der Waals surface area contributed by atoms with Gasteiger partial charge in [-0.15, -0.1) is 0 Å². The molecule has 1 saturated heterocycles. The fraction of sp³-hybridized carbons (Fsp3) is 0.533. The van der Waals surface area contributed by atoms with Crippen molar-refractivity contribution in [1.29, 1.82) is 5.41 Å². The molecule has 2 nitrogen and oxygen atoms in total. The molecular formula is C15H21ClN2. The van der Waals surface area contributed by atoms with Crippen molar-refractivity contribution in [1.82, 2.24) is 4.90 Å². The van der Waals surface area contributed by atoms with Crippen LogP contribution in [0.25, 0.3) is 0 Å². The fourth-order valence-electron chi connectivity index (χ4n) is 2.58. The Labute approximate surface area is 114 Å². The predicted molar refractivity (Wildman–Crippen MR) is 77.8 cm³/mol. The first-order valence-electron chi connectivity index (χ1n) is 6.62. The van der Waals surface area contributed by atoms with Gasteiger partial charge < -0.3 is 5.41 Å². The van der Waals surface area contributed by atoms with Crippen LogP contribution < -0.4 is 0 Å². The van der Waals surface area contributed by atoms with E-state index in [0.717, 1.165) is 23.7 Å². The molecule has 1 aromatic carbocycles. The van der Waals surface area contributed by atoms with Gasteiger partial charge in [0.25, 0.3) is 0 Å². The number of hydrogen-bond acceptors (Lipinski definition) is 2. The third-order valence-electron chi connectivity index (χ3n) is 3.89. The van der Waals surface area contributed by atoms with E-state index in [4.69, 9.17) is 17.0 Å². The number of nitrogens with one attached hydrogen (secondary N) is 1. The Hall–Kier alpha value is -0.860. The van der Waals surface area contributed by atoms with Crippen molar-refractivity contribution in [3.63, 3.8) is 0 Å². The van der Waals surface area contributed by atoms with Crippen LogP contribution in [-0.4, -0.2) is 29.2 Å². The van der Waals surface area contributed by atoms with Gasteiger partial charge in [-0.25, -0.2) is 0 Å². The molecule has 0 radical (unpaired) electrons. The van der Waals surface area contributed by atoms with Crippen LogP contribution in [0.1, 0.15) is 38.7 Å². The van der Waals surface area contributed by atoms with Crippen molar-refractivity contribution in [2.75, 3.05) is 13.1 Å². The van der Waals surface area contributed by atoms with Gasteiger partial charge in [-0.05, 0) is 57.5 Å². The highest BCUT2D eigenvalue weighted by atomic mass is 35.5. The summed E-state index contributed by atoms with van der Waals surface area (Å²) in [6.07, 6.45) is 3.81. The Morgan fingerprint density at radius 1 is 1.11 bits per heavy atom. The Balaban J connectivity index is 2.17. The van der Waals surface area contributed by atoms with Gasteiger partial charge in [0.2, 0.25) is 0 Å². The topological polar surface area (TPSA) is 27.1 Å². The quantitative estimate of drug-likeness (QED) is 0.822. The minimum atomic E-state index is -0.200. The minimum Gasteiger partial charge on any atom is -0.303 e. The van der Waals surface area contributed by atoms with Crippen LogP contribution in [0, 0.1) is 5.41 Å². The van der Waals surface area contributed by atoms with Gasteiger partial charge in [-0.2, -0.15) is 0 Å². The van der Waals surface area contributed by atoms with E-state index in [1.54, 1.807) is 0 Å². The summed E-state index contributed by atoms with van der Waals surface area (Å²) in [5.41, 5.74) is 1.45. The number of hydrogen-bond donors (Lipinski definition) is 1. The van der Waals surface area contributed by atoms with Gasteiger partial charge >= 0.3 is 0 Å². The average Bonchev–Trinajstić information content (AvgIpc) is 2.40. The molecule has 0 unspecified atom stereocenters. The van der Waals surface area contributed by atoms with Crippen LogP contribution in [-0.2, 0) is 0 Å². The summed E-state index contributed by atoms with van der Waals surface area (Å²) in [6.45, 7) is 6.50. The van der Waals surface area contributed by atoms with E-state index < -0.39 is 0 Å². The highest BCUT2D eigenvalue weighted by molar-refractivity contribution is 6.30. The lowest BCUT2D eigenvalue weighted by Gasteiger charge is -2.41. The minimum absolute atomic E-state index is 0.200. The summed E-state index contributed by atoms with van der Waals surface area (Å²) in [4.78, 5) is 2.42. The Kier molecular flexibility index (Phi) is 4.08. The van der Waals surface area contributed by atoms with Crippen LogP contribution in [0.4, 0.5) is 0 Å². The maximum atomic E-state index is 8.45. The van der Waals surface area contributed by atoms with Crippen molar-refractivity contribution < 1.29 is 0 Å². The first kappa shape index (κ1) is 13.6. The van der Waals surface area contributed by atoms with E-state index >= 15 is 0 Å². The van der Waals surface area contributed by atoms with Gasteiger partial charge in [0.1, 0.15) is 0 Å². The molecule has 0 saturated carbocycles. The van der Waals surface area contributed by atoms with E-state index in [1.165, 1.54) is 19.3 Å². The highest BCUT2D eigenvalue weighted by Crippen LogP contribution is 2.25. The molecule has 0 spiro atoms. The van der Waals surface area contributed by atoms with Gasteiger partial charge in [0.05, 0.1) is 11.3 Å². The number of halogens is 1. The Morgan fingerprint density at radius 3 is 2.22 bits per heavy atom. The number of piperidine rings is 1. The molecule has 2 rings (SSSR count). The molecule has 98 valence electrons. The fourth-order valence-corrected chi connectivity index (χ4v) is 2.71. The van der Waals surface area contributed by atoms with Crippen LogP contribution in [0.5, 0.6) is 0 Å². The SMILES string of the molecule is CC(C)(C(=N)c1ccc(Cl)cc1)N1CCCCC1. The van der Waals surface area contributed by atoms with Crippen LogP contribution in [0.15, 0.2) is 24.3 Å². The standard InChI is InChI=1S/C15H21ClN2/c1-15(2,18-10-4-3-5-11-18)14(17)12-6-8-13(16)9-7-12/h6-9,17H,3-5,10-11H2,1-2H3. The summed E-state index contributed by atoms with van der Waals surface area (Å²) < 4.78 is 0. The number of rotatable bonds is 3. The molecule has 3 heteroatoms. The zero-order chi connectivity index (χ0) is 13.2. The summed E-state index contributed by atoms with van der Waals surface area (Å²) in [6, 6.07) is 7.60. The van der Waals surface area contributed by atoms with Crippen LogP contribution >= 0.6 is 11.6 Å². The van der Waals surface area contributed by atoms with Gasteiger partial charge in [0, 0.05) is 5.02 Å². The van der Waals surface area contributed by atoms with E-state index in [0.29, 0.717) is 5.71 Å². The van der Waals surface area contributed by atoms with Gasteiger partial charge in [-0.3, -0.25) is 4.90 Å². The largest absolute Gasteiger partial charge is 0.303 e. The molecule has 1 N–H and O–H groups in total. The molecule has 1 heterocycles. The summed E-state index contributed by atoms with van der Waals surface area (Å²) in [7, 11) is 0. The average molecular weight is 265 g/mol. The maximum absolute atomic E-state index is 8.45. The molecule has 1 aliphatic heterocycles. The molecule has 0 aliphatic carbocycles. The summed E-state index contributed by atoms with van der Waals surface area (Å²) >= 11 is 5.90. The molecule has 0 amide bonds. The zero-order valence-corrected chi connectivity index (χ0v) is 11.9. The second-order valence-electron chi connectivity index (χ2n) is 5.49. The third-order valence-corrected chi connectivity index (χ3v) is 4.14. The second kappa shape index (κ2) is 5.41. The lowest BCUT2D eigenvalue weighted by molar-refractivity contribution is 0.146. The molecular weight excluding hydrogens is 244 g/mol. The first-order valence-corrected chi connectivity index (χ1v) is 6.99. The number of nitrogens with zero attached hydrogens (tertiary/aromatic N) is 1. The number of benzene rings is 1. The van der Waals surface area contributed by atoms with Crippen molar-refractivity contribution in [2.24, 2.45) is 0 Å². The van der Waals surface area contributed by atoms with Crippen LogP contribution in [0.3, 0.4) is 0 Å². The maximum Gasteiger partial charge on any atom is 0.0583 e. The lowest BCUT2D eigenvalue weighted by atomic mass is 9.89. The van der Waals surface area contributed by atoms with E-state index in [2.05, 4.69) is 18.7 Å². The van der Waals surface area contributed by atoms with E-state index in [-0.39, 0.29) is 5.54 Å². The van der Waals surface area contributed by atoms with Gasteiger partial charge in [0.15, 0.2) is 0 Å². The van der Waals surface area contributed by atoms with Gasteiger partial charge in [-0.1, -0.05) is 30.2 Å². The smallest absolute Gasteiger partial charge is 0.0583 e. The highest BCUT2D eigenvalue weighted by Gasteiger charge is 2.32. The normalized spacial score (nSPS) is 17.7. The summed E-state index contributed by atoms with van der Waals surface area (Å²) in [5.74, 6) is 0. The molecule has 1 aromatic rings. The van der Waals surface area contributed by atoms with Crippen molar-refractivity contribution in [2.45, 2.75) is 38.6 Å². The van der Waals surface area contributed by atoms with Crippen molar-refractivity contribution >= 4 is 17.3 Å². The molecule has 1 aliphatic rings. The third kappa shape index (κ3) is 2.76. The second-order valence-corrected chi connectivity index (χ2v) is 5.93.